The number of nitriles is 1. The predicted molar refractivity (Wildman–Crippen MR) is 75.4 cm³/mol. The van der Waals surface area contributed by atoms with Crippen molar-refractivity contribution in [1.82, 2.24) is 4.98 Å². The second kappa shape index (κ2) is 6.12. The molecule has 0 aliphatic rings. The molecular weight excluding hydrogens is 306 g/mol. The lowest BCUT2D eigenvalue weighted by atomic mass is 10.00. The first-order valence-electron chi connectivity index (χ1n) is 5.57. The number of nitrogens with one attached hydrogen (secondary N) is 1. The standard InChI is InChI=1S/C14H10BrN3O/c15-12-9-17-7-6-13(12)18-14(19)11(8-16)10-4-2-1-3-5-10/h1-7,9,11H,(H,17,18,19). The predicted octanol–water partition coefficient (Wildman–Crippen LogP) is 3.09. The molecular formula is C14H10BrN3O. The molecule has 1 heterocycles. The fraction of sp³-hybridized carbons (Fsp3) is 0.0714. The molecule has 94 valence electrons. The highest BCUT2D eigenvalue weighted by Crippen LogP contribution is 2.22. The monoisotopic (exact) mass is 315 g/mol. The zero-order valence-corrected chi connectivity index (χ0v) is 11.5. The Morgan fingerprint density at radius 2 is 2.05 bits per heavy atom. The first kappa shape index (κ1) is 13.2. The van der Waals surface area contributed by atoms with Gasteiger partial charge in [0.1, 0.15) is 0 Å². The van der Waals surface area contributed by atoms with E-state index in [4.69, 9.17) is 5.26 Å². The van der Waals surface area contributed by atoms with E-state index < -0.39 is 5.92 Å². The zero-order valence-electron chi connectivity index (χ0n) is 9.88. The number of hydrogen-bond donors (Lipinski definition) is 1. The maximum absolute atomic E-state index is 12.1. The van der Waals surface area contributed by atoms with Crippen LogP contribution in [-0.2, 0) is 4.79 Å². The molecule has 0 saturated heterocycles. The maximum atomic E-state index is 12.1. The summed E-state index contributed by atoms with van der Waals surface area (Å²) in [7, 11) is 0. The van der Waals surface area contributed by atoms with Crippen LogP contribution in [0.2, 0.25) is 0 Å². The molecule has 1 atom stereocenters. The summed E-state index contributed by atoms with van der Waals surface area (Å²) < 4.78 is 0.674. The Morgan fingerprint density at radius 3 is 2.68 bits per heavy atom. The van der Waals surface area contributed by atoms with E-state index in [9.17, 15) is 4.79 Å². The van der Waals surface area contributed by atoms with Crippen LogP contribution < -0.4 is 5.32 Å². The Morgan fingerprint density at radius 1 is 1.32 bits per heavy atom. The summed E-state index contributed by atoms with van der Waals surface area (Å²) >= 11 is 3.29. The third-order valence-electron chi connectivity index (χ3n) is 2.55. The highest BCUT2D eigenvalue weighted by atomic mass is 79.9. The van der Waals surface area contributed by atoms with E-state index >= 15 is 0 Å². The molecule has 1 unspecified atom stereocenters. The van der Waals surface area contributed by atoms with Crippen LogP contribution in [0.3, 0.4) is 0 Å². The molecule has 2 aromatic rings. The van der Waals surface area contributed by atoms with Crippen molar-refractivity contribution in [3.63, 3.8) is 0 Å². The van der Waals surface area contributed by atoms with E-state index in [0.717, 1.165) is 0 Å². The van der Waals surface area contributed by atoms with Crippen molar-refractivity contribution in [2.75, 3.05) is 5.32 Å². The van der Waals surface area contributed by atoms with Crippen LogP contribution in [0.4, 0.5) is 5.69 Å². The maximum Gasteiger partial charge on any atom is 0.246 e. The summed E-state index contributed by atoms with van der Waals surface area (Å²) in [6, 6.07) is 12.6. The number of hydrogen-bond acceptors (Lipinski definition) is 3. The molecule has 0 fully saturated rings. The van der Waals surface area contributed by atoms with Gasteiger partial charge in [0.05, 0.1) is 16.2 Å². The van der Waals surface area contributed by atoms with E-state index in [0.29, 0.717) is 15.7 Å². The molecule has 0 radical (unpaired) electrons. The molecule has 0 aliphatic carbocycles. The van der Waals surface area contributed by atoms with Gasteiger partial charge in [-0.25, -0.2) is 0 Å². The number of aromatic nitrogens is 1. The van der Waals surface area contributed by atoms with E-state index in [1.165, 1.54) is 0 Å². The lowest BCUT2D eigenvalue weighted by molar-refractivity contribution is -0.116. The van der Waals surface area contributed by atoms with Crippen molar-refractivity contribution in [2.24, 2.45) is 0 Å². The summed E-state index contributed by atoms with van der Waals surface area (Å²) in [4.78, 5) is 16.0. The number of nitrogens with zero attached hydrogens (tertiary/aromatic N) is 2. The van der Waals surface area contributed by atoms with Gasteiger partial charge in [-0.3, -0.25) is 9.78 Å². The van der Waals surface area contributed by atoms with Gasteiger partial charge < -0.3 is 5.32 Å². The number of benzene rings is 1. The van der Waals surface area contributed by atoms with Crippen molar-refractivity contribution < 1.29 is 4.79 Å². The second-order valence-corrected chi connectivity index (χ2v) is 4.67. The van der Waals surface area contributed by atoms with E-state index in [1.54, 1.807) is 42.7 Å². The summed E-state index contributed by atoms with van der Waals surface area (Å²) in [5.74, 6) is -1.19. The van der Waals surface area contributed by atoms with E-state index in [1.807, 2.05) is 12.1 Å². The number of anilines is 1. The molecule has 0 spiro atoms. The highest BCUT2D eigenvalue weighted by molar-refractivity contribution is 9.10. The van der Waals surface area contributed by atoms with Crippen LogP contribution in [0.5, 0.6) is 0 Å². The van der Waals surface area contributed by atoms with Crippen LogP contribution in [0.15, 0.2) is 53.3 Å². The van der Waals surface area contributed by atoms with Crippen molar-refractivity contribution >= 4 is 27.5 Å². The number of amides is 1. The number of pyridine rings is 1. The fourth-order valence-corrected chi connectivity index (χ4v) is 1.96. The SMILES string of the molecule is N#CC(C(=O)Nc1ccncc1Br)c1ccccc1. The minimum absolute atomic E-state index is 0.361. The number of halogens is 1. The Kier molecular flexibility index (Phi) is 4.26. The molecule has 19 heavy (non-hydrogen) atoms. The normalized spacial score (nSPS) is 11.4. The number of carbonyl (C=O) groups is 1. The molecule has 1 aromatic heterocycles. The van der Waals surface area contributed by atoms with Gasteiger partial charge in [0.25, 0.3) is 0 Å². The summed E-state index contributed by atoms with van der Waals surface area (Å²) in [5.41, 5.74) is 1.27. The summed E-state index contributed by atoms with van der Waals surface area (Å²) in [6.07, 6.45) is 3.16. The Hall–Kier alpha value is -2.19. The quantitative estimate of drug-likeness (QED) is 0.946. The molecule has 1 aromatic carbocycles. The third kappa shape index (κ3) is 3.18. The molecule has 4 nitrogen and oxygen atoms in total. The molecule has 5 heteroatoms. The third-order valence-corrected chi connectivity index (χ3v) is 3.19. The highest BCUT2D eigenvalue weighted by Gasteiger charge is 2.20. The molecule has 0 saturated carbocycles. The van der Waals surface area contributed by atoms with Gasteiger partial charge in [-0.2, -0.15) is 5.26 Å². The largest absolute Gasteiger partial charge is 0.324 e. The van der Waals surface area contributed by atoms with E-state index in [2.05, 4.69) is 26.2 Å². The molecule has 1 N–H and O–H groups in total. The van der Waals surface area contributed by atoms with Crippen molar-refractivity contribution in [1.29, 1.82) is 5.26 Å². The van der Waals surface area contributed by atoms with Gasteiger partial charge in [-0.05, 0) is 27.6 Å². The lowest BCUT2D eigenvalue weighted by Crippen LogP contribution is -2.20. The van der Waals surface area contributed by atoms with Gasteiger partial charge in [-0.15, -0.1) is 0 Å². The van der Waals surface area contributed by atoms with E-state index in [-0.39, 0.29) is 5.91 Å². The lowest BCUT2D eigenvalue weighted by Gasteiger charge is -2.11. The van der Waals surface area contributed by atoms with Crippen LogP contribution in [0.1, 0.15) is 11.5 Å². The molecule has 1 amide bonds. The average Bonchev–Trinajstić information content (AvgIpc) is 2.43. The minimum Gasteiger partial charge on any atom is -0.324 e. The molecule has 0 aliphatic heterocycles. The van der Waals surface area contributed by atoms with Crippen molar-refractivity contribution in [3.8, 4) is 6.07 Å². The van der Waals surface area contributed by atoms with Crippen molar-refractivity contribution in [2.45, 2.75) is 5.92 Å². The minimum atomic E-state index is -0.832. The Bertz CT molecular complexity index is 622. The van der Waals surface area contributed by atoms with Crippen LogP contribution in [0, 0.1) is 11.3 Å². The zero-order chi connectivity index (χ0) is 13.7. The summed E-state index contributed by atoms with van der Waals surface area (Å²) in [5, 5.41) is 11.9. The fourth-order valence-electron chi connectivity index (χ4n) is 1.61. The smallest absolute Gasteiger partial charge is 0.246 e. The molecule has 2 rings (SSSR count). The topological polar surface area (TPSA) is 65.8 Å². The number of carbonyl (C=O) groups excluding carboxylic acids is 1. The van der Waals surface area contributed by atoms with Gasteiger partial charge >= 0.3 is 0 Å². The van der Waals surface area contributed by atoms with Gasteiger partial charge in [0, 0.05) is 12.4 Å². The van der Waals surface area contributed by atoms with Crippen LogP contribution in [-0.4, -0.2) is 10.9 Å². The average molecular weight is 316 g/mol. The van der Waals surface area contributed by atoms with Gasteiger partial charge in [-0.1, -0.05) is 30.3 Å². The van der Waals surface area contributed by atoms with Crippen LogP contribution >= 0.6 is 15.9 Å². The first-order chi connectivity index (χ1) is 9.22. The van der Waals surface area contributed by atoms with Gasteiger partial charge in [0.15, 0.2) is 5.92 Å². The molecule has 0 bridgehead atoms. The Labute approximate surface area is 119 Å². The van der Waals surface area contributed by atoms with Gasteiger partial charge in [0.2, 0.25) is 5.91 Å². The summed E-state index contributed by atoms with van der Waals surface area (Å²) in [6.45, 7) is 0. The van der Waals surface area contributed by atoms with Crippen LogP contribution in [0.25, 0.3) is 0 Å². The Balaban J connectivity index is 2.20. The van der Waals surface area contributed by atoms with Crippen molar-refractivity contribution in [3.05, 3.63) is 58.8 Å². The second-order valence-electron chi connectivity index (χ2n) is 3.82. The first-order valence-corrected chi connectivity index (χ1v) is 6.36. The number of rotatable bonds is 3.